The smallest absolute Gasteiger partial charge is 0.330 e. The van der Waals surface area contributed by atoms with Crippen LogP contribution < -0.4 is 0 Å². The number of benzene rings is 1. The molecule has 8 nitrogen and oxygen atoms in total. The van der Waals surface area contributed by atoms with Crippen molar-refractivity contribution in [2.45, 2.75) is 6.92 Å². The van der Waals surface area contributed by atoms with Crippen LogP contribution in [0.5, 0.6) is 0 Å². The van der Waals surface area contributed by atoms with E-state index < -0.39 is 27.2 Å². The van der Waals surface area contributed by atoms with Gasteiger partial charge in [0.1, 0.15) is 0 Å². The van der Waals surface area contributed by atoms with Crippen molar-refractivity contribution in [2.75, 3.05) is 6.61 Å². The maximum absolute atomic E-state index is 11.1. The first-order chi connectivity index (χ1) is 8.93. The Labute approximate surface area is 107 Å². The minimum Gasteiger partial charge on any atom is -0.463 e. The molecule has 0 atom stereocenters. The number of non-ortho nitro benzene ring substituents is 2. The lowest BCUT2D eigenvalue weighted by Gasteiger charge is -1.97. The SMILES string of the molecule is CCOC(=O)/C=C/c1cc([N+](=O)[O-])cc([N+](=O)[O-])c1. The molecule has 0 aromatic heterocycles. The van der Waals surface area contributed by atoms with Crippen LogP contribution in [0, 0.1) is 20.2 Å². The minimum atomic E-state index is -0.741. The molecule has 0 unspecified atom stereocenters. The highest BCUT2D eigenvalue weighted by molar-refractivity contribution is 5.87. The Kier molecular flexibility index (Phi) is 4.69. The Morgan fingerprint density at radius 3 is 2.16 bits per heavy atom. The summed E-state index contributed by atoms with van der Waals surface area (Å²) in [7, 11) is 0. The molecule has 1 rings (SSSR count). The molecule has 8 heteroatoms. The summed E-state index contributed by atoms with van der Waals surface area (Å²) in [6, 6.07) is 3.10. The summed E-state index contributed by atoms with van der Waals surface area (Å²) >= 11 is 0. The Morgan fingerprint density at radius 1 is 1.21 bits per heavy atom. The predicted molar refractivity (Wildman–Crippen MR) is 65.4 cm³/mol. The van der Waals surface area contributed by atoms with Crippen molar-refractivity contribution >= 4 is 23.4 Å². The largest absolute Gasteiger partial charge is 0.463 e. The number of ether oxygens (including phenoxy) is 1. The summed E-state index contributed by atoms with van der Waals surface area (Å²) in [6.45, 7) is 1.82. The molecule has 0 amide bonds. The third kappa shape index (κ3) is 4.19. The second-order valence-electron chi connectivity index (χ2n) is 3.38. The highest BCUT2D eigenvalue weighted by Gasteiger charge is 2.15. The molecule has 0 heterocycles. The van der Waals surface area contributed by atoms with E-state index in [1.54, 1.807) is 6.92 Å². The van der Waals surface area contributed by atoms with E-state index in [1.165, 1.54) is 6.08 Å². The summed E-state index contributed by atoms with van der Waals surface area (Å²) < 4.78 is 4.63. The fourth-order valence-corrected chi connectivity index (χ4v) is 1.28. The van der Waals surface area contributed by atoms with Gasteiger partial charge in [0.15, 0.2) is 0 Å². The van der Waals surface area contributed by atoms with Crippen LogP contribution >= 0.6 is 0 Å². The molecule has 1 aromatic rings. The summed E-state index contributed by atoms with van der Waals surface area (Å²) in [4.78, 5) is 30.9. The molecule has 0 saturated heterocycles. The normalized spacial score (nSPS) is 10.4. The number of nitrogens with zero attached hydrogens (tertiary/aromatic N) is 2. The average Bonchev–Trinajstić information content (AvgIpc) is 2.36. The van der Waals surface area contributed by atoms with Crippen molar-refractivity contribution in [1.82, 2.24) is 0 Å². The number of carbonyl (C=O) groups excluding carboxylic acids is 1. The van der Waals surface area contributed by atoms with Crippen molar-refractivity contribution in [3.63, 3.8) is 0 Å². The van der Waals surface area contributed by atoms with E-state index in [0.29, 0.717) is 0 Å². The average molecular weight is 266 g/mol. The minimum absolute atomic E-state index is 0.175. The molecule has 1 aromatic carbocycles. The van der Waals surface area contributed by atoms with Gasteiger partial charge in [0.05, 0.1) is 22.5 Å². The zero-order valence-corrected chi connectivity index (χ0v) is 9.94. The lowest BCUT2D eigenvalue weighted by atomic mass is 10.1. The third-order valence-electron chi connectivity index (χ3n) is 2.04. The standard InChI is InChI=1S/C11H10N2O6/c1-2-19-11(14)4-3-8-5-9(12(15)16)7-10(6-8)13(17)18/h3-7H,2H2,1H3/b4-3+. The molecule has 0 saturated carbocycles. The van der Waals surface area contributed by atoms with Crippen LogP contribution in [0.3, 0.4) is 0 Å². The van der Waals surface area contributed by atoms with Crippen LogP contribution in [0.4, 0.5) is 11.4 Å². The van der Waals surface area contributed by atoms with Gasteiger partial charge in [-0.25, -0.2) is 4.79 Å². The zero-order chi connectivity index (χ0) is 14.4. The molecular formula is C11H10N2O6. The van der Waals surface area contributed by atoms with Gasteiger partial charge in [-0.1, -0.05) is 0 Å². The molecular weight excluding hydrogens is 256 g/mol. The summed E-state index contributed by atoms with van der Waals surface area (Å²) in [5.74, 6) is -0.628. The second-order valence-corrected chi connectivity index (χ2v) is 3.38. The third-order valence-corrected chi connectivity index (χ3v) is 2.04. The van der Waals surface area contributed by atoms with E-state index in [9.17, 15) is 25.0 Å². The zero-order valence-electron chi connectivity index (χ0n) is 9.94. The Balaban J connectivity index is 3.10. The van der Waals surface area contributed by atoms with E-state index >= 15 is 0 Å². The van der Waals surface area contributed by atoms with Crippen molar-refractivity contribution in [1.29, 1.82) is 0 Å². The molecule has 0 aliphatic carbocycles. The number of carbonyl (C=O) groups is 1. The van der Waals surface area contributed by atoms with Gasteiger partial charge in [-0.3, -0.25) is 20.2 Å². The van der Waals surface area contributed by atoms with Gasteiger partial charge in [-0.15, -0.1) is 0 Å². The first-order valence-corrected chi connectivity index (χ1v) is 5.22. The van der Waals surface area contributed by atoms with Crippen LogP contribution in [-0.2, 0) is 9.53 Å². The molecule has 0 N–H and O–H groups in total. The fraction of sp³-hybridized carbons (Fsp3) is 0.182. The molecule has 100 valence electrons. The summed E-state index contributed by atoms with van der Waals surface area (Å²) in [5, 5.41) is 21.3. The van der Waals surface area contributed by atoms with Gasteiger partial charge in [0, 0.05) is 18.2 Å². The van der Waals surface area contributed by atoms with Crippen molar-refractivity contribution in [2.24, 2.45) is 0 Å². The highest BCUT2D eigenvalue weighted by Crippen LogP contribution is 2.23. The number of rotatable bonds is 5. The van der Waals surface area contributed by atoms with E-state index in [1.807, 2.05) is 0 Å². The number of nitro groups is 2. The van der Waals surface area contributed by atoms with E-state index in [2.05, 4.69) is 4.74 Å². The number of nitro benzene ring substituents is 2. The number of esters is 1. The lowest BCUT2D eigenvalue weighted by molar-refractivity contribution is -0.394. The number of hydrogen-bond acceptors (Lipinski definition) is 6. The Bertz CT molecular complexity index is 520. The van der Waals surface area contributed by atoms with Crippen molar-refractivity contribution < 1.29 is 19.4 Å². The molecule has 0 radical (unpaired) electrons. The Morgan fingerprint density at radius 2 is 1.74 bits per heavy atom. The van der Waals surface area contributed by atoms with Gasteiger partial charge in [-0.05, 0) is 18.6 Å². The topological polar surface area (TPSA) is 113 Å². The Hall–Kier alpha value is -2.77. The quantitative estimate of drug-likeness (QED) is 0.349. The molecule has 0 fully saturated rings. The van der Waals surface area contributed by atoms with E-state index in [4.69, 9.17) is 0 Å². The first kappa shape index (κ1) is 14.3. The monoisotopic (exact) mass is 266 g/mol. The van der Waals surface area contributed by atoms with Crippen LogP contribution in [-0.4, -0.2) is 22.4 Å². The van der Waals surface area contributed by atoms with Gasteiger partial charge in [0.25, 0.3) is 11.4 Å². The van der Waals surface area contributed by atoms with Gasteiger partial charge in [0.2, 0.25) is 0 Å². The van der Waals surface area contributed by atoms with Crippen molar-refractivity contribution in [3.8, 4) is 0 Å². The molecule has 0 aliphatic rings. The van der Waals surface area contributed by atoms with Crippen LogP contribution in [0.25, 0.3) is 6.08 Å². The summed E-state index contributed by atoms with van der Waals surface area (Å²) in [5.41, 5.74) is -0.663. The highest BCUT2D eigenvalue weighted by atomic mass is 16.6. The van der Waals surface area contributed by atoms with Crippen LogP contribution in [0.1, 0.15) is 12.5 Å². The van der Waals surface area contributed by atoms with Crippen molar-refractivity contribution in [3.05, 3.63) is 50.1 Å². The number of hydrogen-bond donors (Lipinski definition) is 0. The second kappa shape index (κ2) is 6.24. The maximum atomic E-state index is 11.1. The van der Waals surface area contributed by atoms with Gasteiger partial charge >= 0.3 is 5.97 Å². The van der Waals surface area contributed by atoms with Crippen LogP contribution in [0.2, 0.25) is 0 Å². The maximum Gasteiger partial charge on any atom is 0.330 e. The molecule has 0 aliphatic heterocycles. The first-order valence-electron chi connectivity index (χ1n) is 5.22. The van der Waals surface area contributed by atoms with E-state index in [-0.39, 0.29) is 12.2 Å². The van der Waals surface area contributed by atoms with Crippen LogP contribution in [0.15, 0.2) is 24.3 Å². The molecule has 0 bridgehead atoms. The van der Waals surface area contributed by atoms with E-state index in [0.717, 1.165) is 24.3 Å². The fourth-order valence-electron chi connectivity index (χ4n) is 1.28. The predicted octanol–water partition coefficient (Wildman–Crippen LogP) is 2.08. The van der Waals surface area contributed by atoms with Gasteiger partial charge < -0.3 is 4.74 Å². The molecule has 19 heavy (non-hydrogen) atoms. The molecule has 0 spiro atoms. The van der Waals surface area contributed by atoms with Gasteiger partial charge in [-0.2, -0.15) is 0 Å². The summed E-state index contributed by atoms with van der Waals surface area (Å²) in [6.07, 6.45) is 2.27. The lowest BCUT2D eigenvalue weighted by Crippen LogP contribution is -1.99.